The topological polar surface area (TPSA) is 106 Å². The molecular formula is C12H12N6O2S. The molecule has 0 atom stereocenters. The fraction of sp³-hybridized carbons (Fsp3) is 0.0833. The van der Waals surface area contributed by atoms with Crippen LogP contribution in [0.15, 0.2) is 54.2 Å². The molecule has 0 radical (unpaired) electrons. The maximum Gasteiger partial charge on any atom is 0.278 e. The SMILES string of the molecule is O=S(=O)(Nc1ccc(Cn2cncn2)cc1)c1ccn[nH]1. The molecule has 0 amide bonds. The molecule has 2 heterocycles. The summed E-state index contributed by atoms with van der Waals surface area (Å²) in [6.07, 6.45) is 4.47. The minimum atomic E-state index is -3.63. The van der Waals surface area contributed by atoms with E-state index < -0.39 is 10.0 Å². The molecule has 2 N–H and O–H groups in total. The first-order valence-corrected chi connectivity index (χ1v) is 7.55. The van der Waals surface area contributed by atoms with Crippen LogP contribution in [0, 0.1) is 0 Å². The van der Waals surface area contributed by atoms with Crippen molar-refractivity contribution in [1.82, 2.24) is 25.0 Å². The number of H-pyrrole nitrogens is 1. The summed E-state index contributed by atoms with van der Waals surface area (Å²) in [4.78, 5) is 3.86. The average Bonchev–Trinajstić information content (AvgIpc) is 3.13. The molecule has 9 heteroatoms. The van der Waals surface area contributed by atoms with Crippen LogP contribution in [0.4, 0.5) is 5.69 Å². The Morgan fingerprint density at radius 1 is 1.19 bits per heavy atom. The molecule has 0 saturated carbocycles. The summed E-state index contributed by atoms with van der Waals surface area (Å²) in [5, 5.41) is 10.1. The summed E-state index contributed by atoms with van der Waals surface area (Å²) < 4.78 is 28.2. The van der Waals surface area contributed by atoms with Gasteiger partial charge in [0.2, 0.25) is 0 Å². The summed E-state index contributed by atoms with van der Waals surface area (Å²) in [5.41, 5.74) is 1.47. The first-order valence-electron chi connectivity index (χ1n) is 6.07. The van der Waals surface area contributed by atoms with Gasteiger partial charge in [0.15, 0.2) is 5.03 Å². The van der Waals surface area contributed by atoms with Gasteiger partial charge in [0, 0.05) is 5.69 Å². The predicted octanol–water partition coefficient (Wildman–Crippen LogP) is 0.850. The van der Waals surface area contributed by atoms with Crippen molar-refractivity contribution in [1.29, 1.82) is 0 Å². The molecule has 0 fully saturated rings. The van der Waals surface area contributed by atoms with E-state index in [1.807, 2.05) is 12.1 Å². The predicted molar refractivity (Wildman–Crippen MR) is 75.0 cm³/mol. The second kappa shape index (κ2) is 5.37. The lowest BCUT2D eigenvalue weighted by Gasteiger charge is -2.07. The van der Waals surface area contributed by atoms with Crippen LogP contribution in [-0.4, -0.2) is 33.4 Å². The zero-order valence-electron chi connectivity index (χ0n) is 10.8. The number of hydrogen-bond donors (Lipinski definition) is 2. The van der Waals surface area contributed by atoms with Gasteiger partial charge in [-0.2, -0.15) is 18.6 Å². The van der Waals surface area contributed by atoms with E-state index in [9.17, 15) is 8.42 Å². The smallest absolute Gasteiger partial charge is 0.278 e. The van der Waals surface area contributed by atoms with E-state index in [-0.39, 0.29) is 5.03 Å². The number of aromatic nitrogens is 5. The number of benzene rings is 1. The lowest BCUT2D eigenvalue weighted by molar-refractivity contribution is 0.597. The minimum Gasteiger partial charge on any atom is -0.278 e. The fourth-order valence-electron chi connectivity index (χ4n) is 1.78. The number of nitrogens with zero attached hydrogens (tertiary/aromatic N) is 4. The average molecular weight is 304 g/mol. The summed E-state index contributed by atoms with van der Waals surface area (Å²) in [5.74, 6) is 0. The van der Waals surface area contributed by atoms with Gasteiger partial charge in [0.05, 0.1) is 12.7 Å². The maximum absolute atomic E-state index is 12.0. The van der Waals surface area contributed by atoms with Gasteiger partial charge < -0.3 is 0 Å². The first kappa shape index (κ1) is 13.3. The van der Waals surface area contributed by atoms with E-state index in [2.05, 4.69) is 25.0 Å². The zero-order chi connectivity index (χ0) is 14.7. The minimum absolute atomic E-state index is 0.0224. The van der Waals surface area contributed by atoms with E-state index in [4.69, 9.17) is 0 Å². The van der Waals surface area contributed by atoms with Crippen LogP contribution in [0.1, 0.15) is 5.56 Å². The molecule has 21 heavy (non-hydrogen) atoms. The number of aromatic amines is 1. The van der Waals surface area contributed by atoms with Crippen molar-refractivity contribution in [3.05, 3.63) is 54.7 Å². The highest BCUT2D eigenvalue weighted by Gasteiger charge is 2.15. The molecule has 3 rings (SSSR count). The van der Waals surface area contributed by atoms with Crippen molar-refractivity contribution in [2.24, 2.45) is 0 Å². The molecule has 1 aromatic carbocycles. The molecule has 0 aliphatic heterocycles. The molecule has 0 unspecified atom stereocenters. The van der Waals surface area contributed by atoms with Gasteiger partial charge in [0.1, 0.15) is 12.7 Å². The third-order valence-corrected chi connectivity index (χ3v) is 4.09. The van der Waals surface area contributed by atoms with Gasteiger partial charge in [-0.3, -0.25) is 9.82 Å². The Bertz CT molecular complexity index is 794. The third-order valence-electron chi connectivity index (χ3n) is 2.78. The molecular weight excluding hydrogens is 292 g/mol. The van der Waals surface area contributed by atoms with Crippen molar-refractivity contribution in [3.63, 3.8) is 0 Å². The van der Waals surface area contributed by atoms with Crippen LogP contribution >= 0.6 is 0 Å². The van der Waals surface area contributed by atoms with Gasteiger partial charge in [-0.1, -0.05) is 12.1 Å². The fourth-order valence-corrected chi connectivity index (χ4v) is 2.75. The largest absolute Gasteiger partial charge is 0.278 e. The number of anilines is 1. The van der Waals surface area contributed by atoms with Gasteiger partial charge in [0.25, 0.3) is 10.0 Å². The van der Waals surface area contributed by atoms with Crippen LogP contribution in [0.25, 0.3) is 0 Å². The van der Waals surface area contributed by atoms with Crippen LogP contribution in [0.5, 0.6) is 0 Å². The molecule has 3 aromatic rings. The van der Waals surface area contributed by atoms with Crippen LogP contribution < -0.4 is 4.72 Å². The van der Waals surface area contributed by atoms with E-state index in [1.54, 1.807) is 23.1 Å². The van der Waals surface area contributed by atoms with Crippen molar-refractivity contribution < 1.29 is 8.42 Å². The molecule has 0 spiro atoms. The molecule has 2 aromatic heterocycles. The van der Waals surface area contributed by atoms with Crippen LogP contribution in [-0.2, 0) is 16.6 Å². The van der Waals surface area contributed by atoms with E-state index in [0.29, 0.717) is 12.2 Å². The van der Waals surface area contributed by atoms with Crippen molar-refractivity contribution in [3.8, 4) is 0 Å². The second-order valence-corrected chi connectivity index (χ2v) is 5.97. The Hall–Kier alpha value is -2.68. The normalized spacial score (nSPS) is 11.4. The standard InChI is InChI=1S/C12H12N6O2S/c19-21(20,12-5-6-14-16-12)17-11-3-1-10(2-4-11)7-18-9-13-8-15-18/h1-6,8-9,17H,7H2,(H,14,16). The number of hydrogen-bond acceptors (Lipinski definition) is 5. The molecule has 8 nitrogen and oxygen atoms in total. The first-order chi connectivity index (χ1) is 10.1. The Labute approximate surface area is 120 Å². The molecule has 0 aliphatic carbocycles. The Morgan fingerprint density at radius 3 is 2.62 bits per heavy atom. The van der Waals surface area contributed by atoms with Crippen molar-refractivity contribution >= 4 is 15.7 Å². The summed E-state index contributed by atoms with van der Waals surface area (Å²) in [7, 11) is -3.63. The van der Waals surface area contributed by atoms with Gasteiger partial charge in [-0.15, -0.1) is 0 Å². The quantitative estimate of drug-likeness (QED) is 0.727. The van der Waals surface area contributed by atoms with Crippen molar-refractivity contribution in [2.75, 3.05) is 4.72 Å². The highest BCUT2D eigenvalue weighted by atomic mass is 32.2. The molecule has 0 saturated heterocycles. The van der Waals surface area contributed by atoms with Gasteiger partial charge in [-0.05, 0) is 23.8 Å². The maximum atomic E-state index is 12.0. The summed E-state index contributed by atoms with van der Waals surface area (Å²) >= 11 is 0. The number of nitrogens with one attached hydrogen (secondary N) is 2. The number of rotatable bonds is 5. The summed E-state index contributed by atoms with van der Waals surface area (Å²) in [6.45, 7) is 0.577. The van der Waals surface area contributed by atoms with Crippen molar-refractivity contribution in [2.45, 2.75) is 11.6 Å². The van der Waals surface area contributed by atoms with Crippen LogP contribution in [0.3, 0.4) is 0 Å². The van der Waals surface area contributed by atoms with Crippen LogP contribution in [0.2, 0.25) is 0 Å². The lowest BCUT2D eigenvalue weighted by atomic mass is 10.2. The van der Waals surface area contributed by atoms with E-state index in [0.717, 1.165) is 5.56 Å². The summed E-state index contributed by atoms with van der Waals surface area (Å²) in [6, 6.07) is 8.43. The molecule has 108 valence electrons. The lowest BCUT2D eigenvalue weighted by Crippen LogP contribution is -2.13. The monoisotopic (exact) mass is 304 g/mol. The van der Waals surface area contributed by atoms with Gasteiger partial charge >= 0.3 is 0 Å². The Balaban J connectivity index is 1.73. The zero-order valence-corrected chi connectivity index (χ0v) is 11.7. The Kier molecular flexibility index (Phi) is 3.40. The number of sulfonamides is 1. The third kappa shape index (κ3) is 3.08. The highest BCUT2D eigenvalue weighted by molar-refractivity contribution is 7.92. The van der Waals surface area contributed by atoms with Gasteiger partial charge in [-0.25, -0.2) is 9.67 Å². The highest BCUT2D eigenvalue weighted by Crippen LogP contribution is 2.15. The Morgan fingerprint density at radius 2 is 2.00 bits per heavy atom. The molecule has 0 bridgehead atoms. The molecule has 0 aliphatic rings. The second-order valence-electron chi connectivity index (χ2n) is 4.32. The van der Waals surface area contributed by atoms with E-state index >= 15 is 0 Å². The van der Waals surface area contributed by atoms with E-state index in [1.165, 1.54) is 18.6 Å².